The van der Waals surface area contributed by atoms with Crippen molar-refractivity contribution in [3.8, 4) is 0 Å². The zero-order valence-electron chi connectivity index (χ0n) is 6.85. The lowest BCUT2D eigenvalue weighted by Gasteiger charge is -2.15. The molecule has 0 aliphatic carbocycles. The third-order valence-electron chi connectivity index (χ3n) is 1.24. The van der Waals surface area contributed by atoms with Crippen LogP contribution in [0.4, 0.5) is 0 Å². The Morgan fingerprint density at radius 1 is 1.82 bits per heavy atom. The molecule has 0 rings (SSSR count). The van der Waals surface area contributed by atoms with E-state index < -0.39 is 5.54 Å². The van der Waals surface area contributed by atoms with Gasteiger partial charge in [-0.1, -0.05) is 6.08 Å². The largest absolute Gasteiger partial charge is 0.350 e. The molecule has 0 aliphatic rings. The molecule has 11 heavy (non-hydrogen) atoms. The van der Waals surface area contributed by atoms with Gasteiger partial charge < -0.3 is 5.32 Å². The van der Waals surface area contributed by atoms with Gasteiger partial charge in [0.1, 0.15) is 0 Å². The van der Waals surface area contributed by atoms with E-state index in [1.807, 2.05) is 0 Å². The second kappa shape index (κ2) is 3.85. The van der Waals surface area contributed by atoms with Gasteiger partial charge in [0.2, 0.25) is 5.91 Å². The van der Waals surface area contributed by atoms with Crippen LogP contribution in [0, 0.1) is 5.53 Å². The fourth-order valence-electron chi connectivity index (χ4n) is 0.432. The highest BCUT2D eigenvalue weighted by atomic mass is 16.2. The van der Waals surface area contributed by atoms with Crippen molar-refractivity contribution in [2.45, 2.75) is 19.4 Å². The van der Waals surface area contributed by atoms with Gasteiger partial charge in [0.15, 0.2) is 5.54 Å². The van der Waals surface area contributed by atoms with Gasteiger partial charge in [0.05, 0.1) is 0 Å². The Balaban J connectivity index is 4.01. The van der Waals surface area contributed by atoms with Crippen molar-refractivity contribution in [2.24, 2.45) is 5.11 Å². The molecule has 62 valence electrons. The maximum absolute atomic E-state index is 11.1. The third kappa shape index (κ3) is 2.93. The van der Waals surface area contributed by atoms with Crippen LogP contribution in [0.5, 0.6) is 0 Å². The van der Waals surface area contributed by atoms with Gasteiger partial charge in [-0.25, -0.2) is 5.53 Å². The van der Waals surface area contributed by atoms with E-state index in [2.05, 4.69) is 17.0 Å². The van der Waals surface area contributed by atoms with Crippen LogP contribution in [0.15, 0.2) is 17.8 Å². The number of carbonyl (C=O) groups is 1. The first-order valence-electron chi connectivity index (χ1n) is 3.32. The van der Waals surface area contributed by atoms with Crippen LogP contribution < -0.4 is 5.32 Å². The molecule has 0 radical (unpaired) electrons. The molecule has 2 N–H and O–H groups in total. The summed E-state index contributed by atoms with van der Waals surface area (Å²) in [6, 6.07) is 0. The van der Waals surface area contributed by atoms with Gasteiger partial charge in [0.25, 0.3) is 0 Å². The molecular formula is C7H13N3O. The van der Waals surface area contributed by atoms with Crippen LogP contribution in [0.2, 0.25) is 0 Å². The zero-order chi connectivity index (χ0) is 8.91. The van der Waals surface area contributed by atoms with Crippen LogP contribution in [0.3, 0.4) is 0 Å². The fourth-order valence-corrected chi connectivity index (χ4v) is 0.432. The molecule has 1 amide bonds. The quantitative estimate of drug-likeness (QED) is 0.463. The maximum atomic E-state index is 11.1. The zero-order valence-corrected chi connectivity index (χ0v) is 6.85. The predicted molar refractivity (Wildman–Crippen MR) is 42.4 cm³/mol. The standard InChI is InChI=1S/C7H13N3O/c1-4-5-9-6(11)7(2,3)10-8/h4,8H,1,5H2,2-3H3,(H,9,11). The highest BCUT2D eigenvalue weighted by Gasteiger charge is 2.25. The average Bonchev–Trinajstić information content (AvgIpc) is 2.00. The van der Waals surface area contributed by atoms with E-state index >= 15 is 0 Å². The summed E-state index contributed by atoms with van der Waals surface area (Å²) in [5.74, 6) is -0.257. The molecule has 0 unspecified atom stereocenters. The molecule has 0 aromatic rings. The fraction of sp³-hybridized carbons (Fsp3) is 0.571. The Bertz CT molecular complexity index is 175. The van der Waals surface area contributed by atoms with Gasteiger partial charge >= 0.3 is 0 Å². The molecule has 0 aliphatic heterocycles. The second-order valence-electron chi connectivity index (χ2n) is 2.67. The van der Waals surface area contributed by atoms with Crippen molar-refractivity contribution in [1.29, 1.82) is 5.53 Å². The van der Waals surface area contributed by atoms with Crippen LogP contribution in [0.25, 0.3) is 0 Å². The van der Waals surface area contributed by atoms with Gasteiger partial charge in [-0.05, 0) is 13.8 Å². The van der Waals surface area contributed by atoms with E-state index in [0.29, 0.717) is 6.54 Å². The molecule has 0 aromatic carbocycles. The lowest BCUT2D eigenvalue weighted by molar-refractivity contribution is -0.125. The van der Waals surface area contributed by atoms with Crippen molar-refractivity contribution in [1.82, 2.24) is 5.32 Å². The molecule has 0 saturated heterocycles. The van der Waals surface area contributed by atoms with Crippen molar-refractivity contribution in [3.05, 3.63) is 12.7 Å². The van der Waals surface area contributed by atoms with Crippen molar-refractivity contribution >= 4 is 5.91 Å². The summed E-state index contributed by atoms with van der Waals surface area (Å²) < 4.78 is 0. The number of rotatable bonds is 4. The summed E-state index contributed by atoms with van der Waals surface area (Å²) >= 11 is 0. The van der Waals surface area contributed by atoms with Crippen LogP contribution in [-0.4, -0.2) is 18.0 Å². The van der Waals surface area contributed by atoms with E-state index in [9.17, 15) is 4.79 Å². The van der Waals surface area contributed by atoms with E-state index in [1.165, 1.54) is 0 Å². The van der Waals surface area contributed by atoms with Gasteiger partial charge in [-0.2, -0.15) is 5.11 Å². The molecule has 4 nitrogen and oxygen atoms in total. The minimum Gasteiger partial charge on any atom is -0.350 e. The summed E-state index contributed by atoms with van der Waals surface area (Å²) in [7, 11) is 0. The number of amides is 1. The third-order valence-corrected chi connectivity index (χ3v) is 1.24. The van der Waals surface area contributed by atoms with Crippen molar-refractivity contribution in [3.63, 3.8) is 0 Å². The number of hydrogen-bond donors (Lipinski definition) is 2. The molecule has 0 bridgehead atoms. The van der Waals surface area contributed by atoms with Gasteiger partial charge in [0, 0.05) is 6.54 Å². The van der Waals surface area contributed by atoms with Crippen molar-refractivity contribution < 1.29 is 4.79 Å². The first-order chi connectivity index (χ1) is 5.04. The average molecular weight is 155 g/mol. The Kier molecular flexibility index (Phi) is 3.44. The second-order valence-corrected chi connectivity index (χ2v) is 2.67. The lowest BCUT2D eigenvalue weighted by atomic mass is 10.1. The highest BCUT2D eigenvalue weighted by molar-refractivity contribution is 5.85. The van der Waals surface area contributed by atoms with E-state index in [4.69, 9.17) is 5.53 Å². The molecular weight excluding hydrogens is 142 g/mol. The highest BCUT2D eigenvalue weighted by Crippen LogP contribution is 2.06. The first kappa shape index (κ1) is 9.81. The number of carbonyl (C=O) groups excluding carboxylic acids is 1. The topological polar surface area (TPSA) is 65.3 Å². The smallest absolute Gasteiger partial charge is 0.249 e. The van der Waals surface area contributed by atoms with Crippen LogP contribution in [-0.2, 0) is 4.79 Å². The van der Waals surface area contributed by atoms with E-state index in [1.54, 1.807) is 19.9 Å². The SMILES string of the molecule is C=CCNC(=O)C(C)(C)N=N. The molecule has 0 atom stereocenters. The Morgan fingerprint density at radius 3 is 2.73 bits per heavy atom. The molecule has 0 heterocycles. The molecule has 4 heteroatoms. The van der Waals surface area contributed by atoms with E-state index in [-0.39, 0.29) is 5.91 Å². The Morgan fingerprint density at radius 2 is 2.36 bits per heavy atom. The minimum absolute atomic E-state index is 0.257. The molecule has 0 fully saturated rings. The minimum atomic E-state index is -0.955. The Labute approximate surface area is 66.2 Å². The maximum Gasteiger partial charge on any atom is 0.249 e. The van der Waals surface area contributed by atoms with Crippen LogP contribution in [0.1, 0.15) is 13.8 Å². The van der Waals surface area contributed by atoms with Gasteiger partial charge in [-0.3, -0.25) is 4.79 Å². The van der Waals surface area contributed by atoms with Crippen LogP contribution >= 0.6 is 0 Å². The molecule has 0 aromatic heterocycles. The monoisotopic (exact) mass is 155 g/mol. The first-order valence-corrected chi connectivity index (χ1v) is 3.32. The number of hydrogen-bond acceptors (Lipinski definition) is 3. The Hall–Kier alpha value is -1.19. The lowest BCUT2D eigenvalue weighted by Crippen LogP contribution is -2.40. The number of nitrogens with zero attached hydrogens (tertiary/aromatic N) is 1. The molecule has 0 saturated carbocycles. The van der Waals surface area contributed by atoms with Gasteiger partial charge in [-0.15, -0.1) is 6.58 Å². The normalized spacial score (nSPS) is 10.4. The number of nitrogens with one attached hydrogen (secondary N) is 2. The summed E-state index contributed by atoms with van der Waals surface area (Å²) in [5, 5.41) is 5.73. The summed E-state index contributed by atoms with van der Waals surface area (Å²) in [5.41, 5.74) is 5.75. The molecule has 0 spiro atoms. The van der Waals surface area contributed by atoms with E-state index in [0.717, 1.165) is 0 Å². The summed E-state index contributed by atoms with van der Waals surface area (Å²) in [4.78, 5) is 11.1. The summed E-state index contributed by atoms with van der Waals surface area (Å²) in [6.07, 6.45) is 1.58. The summed E-state index contributed by atoms with van der Waals surface area (Å²) in [6.45, 7) is 7.03. The predicted octanol–water partition coefficient (Wildman–Crippen LogP) is 1.10. The van der Waals surface area contributed by atoms with Crippen molar-refractivity contribution in [2.75, 3.05) is 6.54 Å².